The van der Waals surface area contributed by atoms with Gasteiger partial charge in [-0.25, -0.2) is 13.8 Å². The van der Waals surface area contributed by atoms with Gasteiger partial charge < -0.3 is 26.4 Å². The average molecular weight is 551 g/mol. The first-order valence-electron chi connectivity index (χ1n) is 13.0. The lowest BCUT2D eigenvalue weighted by Gasteiger charge is -2.42. The quantitative estimate of drug-likeness (QED) is 0.287. The zero-order valence-electron chi connectivity index (χ0n) is 22.7. The normalized spacial score (nSPS) is 19.6. The lowest BCUT2D eigenvalue weighted by Crippen LogP contribution is -2.61. The van der Waals surface area contributed by atoms with Crippen LogP contribution in [0.1, 0.15) is 33.3 Å². The van der Waals surface area contributed by atoms with Crippen molar-refractivity contribution in [3.05, 3.63) is 66.1 Å². The first-order chi connectivity index (χ1) is 18.9. The Morgan fingerprint density at radius 1 is 1.15 bits per heavy atom. The van der Waals surface area contributed by atoms with Gasteiger partial charge in [-0.15, -0.1) is 0 Å². The molecule has 4 heterocycles. The summed E-state index contributed by atoms with van der Waals surface area (Å²) < 4.78 is 31.5. The molecule has 1 aliphatic heterocycles. The van der Waals surface area contributed by atoms with E-state index in [1.54, 1.807) is 24.7 Å². The smallest absolute Gasteiger partial charge is 0.229 e. The summed E-state index contributed by atoms with van der Waals surface area (Å²) in [5.74, 6) is -1.36. The van der Waals surface area contributed by atoms with Gasteiger partial charge in [0.2, 0.25) is 11.9 Å². The van der Waals surface area contributed by atoms with Crippen molar-refractivity contribution in [1.82, 2.24) is 24.9 Å². The fourth-order valence-electron chi connectivity index (χ4n) is 5.16. The Morgan fingerprint density at radius 3 is 2.52 bits per heavy atom. The molecule has 3 atom stereocenters. The molecule has 1 aromatic carbocycles. The Labute approximate surface area is 230 Å². The molecule has 3 aromatic heterocycles. The number of carbonyl (C=O) groups is 1. The molecule has 0 radical (unpaired) electrons. The fraction of sp³-hybridized carbons (Fsp3) is 0.357. The molecule has 1 amide bonds. The maximum Gasteiger partial charge on any atom is 0.229 e. The van der Waals surface area contributed by atoms with Crippen LogP contribution in [0.25, 0.3) is 16.8 Å². The first kappa shape index (κ1) is 27.4. The third-order valence-corrected chi connectivity index (χ3v) is 7.16. The minimum absolute atomic E-state index is 0.0668. The lowest BCUT2D eigenvalue weighted by molar-refractivity contribution is -0.120. The molecule has 5 N–H and O–H groups in total. The molecule has 5 rings (SSSR count). The van der Waals surface area contributed by atoms with E-state index >= 15 is 8.78 Å². The van der Waals surface area contributed by atoms with Crippen LogP contribution in [0.2, 0.25) is 0 Å². The van der Waals surface area contributed by atoms with Crippen LogP contribution in [0.3, 0.4) is 0 Å². The summed E-state index contributed by atoms with van der Waals surface area (Å²) in [6.45, 7) is 7.61. The van der Waals surface area contributed by atoms with Crippen LogP contribution in [-0.4, -0.2) is 55.8 Å². The zero-order valence-corrected chi connectivity index (χ0v) is 22.7. The Kier molecular flexibility index (Phi) is 7.15. The number of rotatable bonds is 6. The summed E-state index contributed by atoms with van der Waals surface area (Å²) >= 11 is 0. The monoisotopic (exact) mass is 550 g/mol. The Bertz CT molecular complexity index is 1530. The van der Waals surface area contributed by atoms with Crippen molar-refractivity contribution in [1.29, 1.82) is 0 Å². The third kappa shape index (κ3) is 5.32. The molecule has 10 nitrogen and oxygen atoms in total. The molecule has 0 saturated carbocycles. The highest BCUT2D eigenvalue weighted by Crippen LogP contribution is 2.33. The predicted octanol–water partition coefficient (Wildman–Crippen LogP) is 3.33. The topological polar surface area (TPSA) is 134 Å². The second kappa shape index (κ2) is 10.4. The molecule has 1 saturated heterocycles. The van der Waals surface area contributed by atoms with Crippen LogP contribution >= 0.6 is 0 Å². The SMILES string of the molecule is CC(=O)N[C@@H]1[C@H](N)CN(c2ccncc2Nc2ncc3ccc(-c4c(F)cc(C(C)(C)O)cc4F)nn23)C[C@@H]1C. The molecule has 0 aliphatic carbocycles. The van der Waals surface area contributed by atoms with Crippen molar-refractivity contribution in [2.45, 2.75) is 45.4 Å². The van der Waals surface area contributed by atoms with Gasteiger partial charge in [0.05, 0.1) is 46.1 Å². The summed E-state index contributed by atoms with van der Waals surface area (Å²) in [5, 5.41) is 20.9. The Morgan fingerprint density at radius 2 is 1.88 bits per heavy atom. The van der Waals surface area contributed by atoms with Gasteiger partial charge >= 0.3 is 0 Å². The molecule has 0 unspecified atom stereocenters. The molecule has 12 heteroatoms. The van der Waals surface area contributed by atoms with Gasteiger partial charge in [-0.05, 0) is 55.7 Å². The highest BCUT2D eigenvalue weighted by atomic mass is 19.1. The molecule has 40 heavy (non-hydrogen) atoms. The minimum atomic E-state index is -1.40. The number of pyridine rings is 1. The molecule has 210 valence electrons. The predicted molar refractivity (Wildman–Crippen MR) is 148 cm³/mol. The second-order valence-electron chi connectivity index (χ2n) is 10.8. The van der Waals surface area contributed by atoms with Crippen molar-refractivity contribution in [3.63, 3.8) is 0 Å². The van der Waals surface area contributed by atoms with Gasteiger partial charge in [0.25, 0.3) is 0 Å². The highest BCUT2D eigenvalue weighted by Gasteiger charge is 2.34. The summed E-state index contributed by atoms with van der Waals surface area (Å²) in [6.07, 6.45) is 4.93. The van der Waals surface area contributed by atoms with E-state index in [1.807, 2.05) is 13.0 Å². The third-order valence-electron chi connectivity index (χ3n) is 7.16. The number of piperidine rings is 1. The Balaban J connectivity index is 1.46. The van der Waals surface area contributed by atoms with Gasteiger partial charge in [0, 0.05) is 38.3 Å². The summed E-state index contributed by atoms with van der Waals surface area (Å²) in [7, 11) is 0. The maximum absolute atomic E-state index is 15.0. The highest BCUT2D eigenvalue weighted by molar-refractivity contribution is 5.75. The zero-order chi connectivity index (χ0) is 28.8. The number of carbonyl (C=O) groups excluding carboxylic acids is 1. The summed E-state index contributed by atoms with van der Waals surface area (Å²) in [6, 6.07) is 6.86. The van der Waals surface area contributed by atoms with E-state index in [2.05, 4.69) is 30.6 Å². The first-order valence-corrected chi connectivity index (χ1v) is 13.0. The van der Waals surface area contributed by atoms with Crippen molar-refractivity contribution >= 4 is 28.7 Å². The number of hydrogen-bond donors (Lipinski definition) is 4. The van der Waals surface area contributed by atoms with Crippen LogP contribution in [0.15, 0.2) is 48.9 Å². The number of imidazole rings is 1. The van der Waals surface area contributed by atoms with E-state index in [0.29, 0.717) is 30.2 Å². The molecule has 0 bridgehead atoms. The van der Waals surface area contributed by atoms with E-state index < -0.39 is 17.2 Å². The number of anilines is 3. The molecule has 1 fully saturated rings. The number of nitrogens with two attached hydrogens (primary N) is 1. The van der Waals surface area contributed by atoms with Crippen LogP contribution in [0, 0.1) is 17.6 Å². The van der Waals surface area contributed by atoms with E-state index in [-0.39, 0.29) is 40.7 Å². The largest absolute Gasteiger partial charge is 0.386 e. The number of benzene rings is 1. The average Bonchev–Trinajstić information content (AvgIpc) is 3.27. The van der Waals surface area contributed by atoms with Crippen molar-refractivity contribution < 1.29 is 18.7 Å². The molecular formula is C28H32F2N8O2. The Hall–Kier alpha value is -4.16. The van der Waals surface area contributed by atoms with Gasteiger partial charge in [-0.2, -0.15) is 9.61 Å². The van der Waals surface area contributed by atoms with E-state index in [9.17, 15) is 9.90 Å². The number of hydrogen-bond acceptors (Lipinski definition) is 8. The van der Waals surface area contributed by atoms with Crippen LogP contribution in [0.4, 0.5) is 26.1 Å². The number of nitrogens with zero attached hydrogens (tertiary/aromatic N) is 5. The van der Waals surface area contributed by atoms with Gasteiger partial charge in [0.1, 0.15) is 11.6 Å². The van der Waals surface area contributed by atoms with Crippen molar-refractivity contribution in [2.24, 2.45) is 11.7 Å². The molecule has 0 spiro atoms. The maximum atomic E-state index is 15.0. The second-order valence-corrected chi connectivity index (χ2v) is 10.8. The van der Waals surface area contributed by atoms with E-state index in [4.69, 9.17) is 5.73 Å². The van der Waals surface area contributed by atoms with Crippen molar-refractivity contribution in [2.75, 3.05) is 23.3 Å². The number of halogens is 2. The molecule has 1 aliphatic rings. The molecule has 4 aromatic rings. The van der Waals surface area contributed by atoms with Gasteiger partial charge in [-0.3, -0.25) is 9.78 Å². The van der Waals surface area contributed by atoms with E-state index in [0.717, 1.165) is 17.8 Å². The number of amides is 1. The summed E-state index contributed by atoms with van der Waals surface area (Å²) in [5.41, 5.74) is 7.02. The number of nitrogens with one attached hydrogen (secondary N) is 2. The fourth-order valence-corrected chi connectivity index (χ4v) is 5.16. The van der Waals surface area contributed by atoms with Crippen molar-refractivity contribution in [3.8, 4) is 11.3 Å². The van der Waals surface area contributed by atoms with Gasteiger partial charge in [-0.1, -0.05) is 6.92 Å². The summed E-state index contributed by atoms with van der Waals surface area (Å²) in [4.78, 5) is 22.4. The van der Waals surface area contributed by atoms with Crippen LogP contribution in [-0.2, 0) is 10.4 Å². The van der Waals surface area contributed by atoms with E-state index in [1.165, 1.54) is 31.4 Å². The standard InChI is InChI=1S/C28H32F2N8O2/c1-15-13-37(14-21(31)26(15)34-16(2)39)24-7-8-32-12-23(24)35-27-33-11-18-5-6-22(36-38(18)27)25-19(29)9-17(10-20(25)30)28(3,4)40/h5-12,15,21,26,40H,13-14,31H2,1-4H3,(H,33,35)(H,34,39)/t15-,21+,26-/m0/s1. The van der Waals surface area contributed by atoms with Crippen LogP contribution < -0.4 is 21.3 Å². The van der Waals surface area contributed by atoms with Gasteiger partial charge in [0.15, 0.2) is 0 Å². The molecular weight excluding hydrogens is 518 g/mol. The minimum Gasteiger partial charge on any atom is -0.386 e. The van der Waals surface area contributed by atoms with Crippen LogP contribution in [0.5, 0.6) is 0 Å². The number of aliphatic hydroxyl groups is 1. The number of aromatic nitrogens is 4. The number of fused-ring (bicyclic) bond motifs is 1. The lowest BCUT2D eigenvalue weighted by atomic mass is 9.89.